The van der Waals surface area contributed by atoms with Crippen molar-refractivity contribution in [3.8, 4) is 0 Å². The van der Waals surface area contributed by atoms with Crippen molar-refractivity contribution in [2.75, 3.05) is 13.1 Å². The number of halogens is 3. The van der Waals surface area contributed by atoms with Crippen molar-refractivity contribution >= 4 is 69.2 Å². The van der Waals surface area contributed by atoms with Crippen LogP contribution in [0, 0.1) is 0 Å². The van der Waals surface area contributed by atoms with E-state index in [2.05, 4.69) is 18.2 Å². The van der Waals surface area contributed by atoms with Gasteiger partial charge in [0.15, 0.2) is 5.78 Å². The van der Waals surface area contributed by atoms with E-state index in [-0.39, 0.29) is 18.0 Å². The van der Waals surface area contributed by atoms with Crippen LogP contribution in [0.25, 0.3) is 0 Å². The number of carbonyl (C=O) groups is 2. The first-order valence-corrected chi connectivity index (χ1v) is 11.4. The van der Waals surface area contributed by atoms with E-state index in [9.17, 15) is 9.59 Å². The van der Waals surface area contributed by atoms with Gasteiger partial charge in [-0.15, -0.1) is 24.5 Å². The van der Waals surface area contributed by atoms with Crippen molar-refractivity contribution in [2.24, 2.45) is 10.7 Å². The number of thiophene rings is 1. The summed E-state index contributed by atoms with van der Waals surface area (Å²) in [5, 5.41) is 0.814. The number of amides is 1. The standard InChI is InChI=1S/C23H22Cl3N3O2S/c1-4-10-29(11-5-2)21(31)13-18(30)22(27)14(3)23(19-8-9-20(26)32-19)28-17-7-6-15(24)12-16(17)25/h4-9,12H,1-2,10-11,13,27H2,3H3. The summed E-state index contributed by atoms with van der Waals surface area (Å²) >= 11 is 19.6. The third-order valence-corrected chi connectivity index (χ3v) is 6.15. The number of hydrogen-bond donors (Lipinski definition) is 1. The molecule has 32 heavy (non-hydrogen) atoms. The van der Waals surface area contributed by atoms with Crippen molar-refractivity contribution in [3.63, 3.8) is 0 Å². The highest BCUT2D eigenvalue weighted by Crippen LogP contribution is 2.32. The molecule has 0 fully saturated rings. The van der Waals surface area contributed by atoms with Gasteiger partial charge in [-0.1, -0.05) is 47.0 Å². The van der Waals surface area contributed by atoms with Crippen LogP contribution in [0.4, 0.5) is 5.69 Å². The van der Waals surface area contributed by atoms with Gasteiger partial charge in [0, 0.05) is 23.7 Å². The highest BCUT2D eigenvalue weighted by molar-refractivity contribution is 7.18. The second kappa shape index (κ2) is 12.0. The number of benzene rings is 1. The molecule has 0 aliphatic carbocycles. The number of carbonyl (C=O) groups excluding carboxylic acids is 2. The quantitative estimate of drug-likeness (QED) is 0.178. The number of Topliss-reactive ketones (excluding diaryl/α,β-unsaturated/α-hetero) is 1. The molecule has 0 aliphatic heterocycles. The van der Waals surface area contributed by atoms with Gasteiger partial charge in [-0.2, -0.15) is 0 Å². The van der Waals surface area contributed by atoms with Crippen molar-refractivity contribution in [1.82, 2.24) is 4.90 Å². The molecule has 1 aromatic carbocycles. The molecular weight excluding hydrogens is 489 g/mol. The number of nitrogens with two attached hydrogens (primary N) is 1. The average molecular weight is 511 g/mol. The number of nitrogens with zero attached hydrogens (tertiary/aromatic N) is 2. The third-order valence-electron chi connectivity index (χ3n) is 4.37. The zero-order valence-corrected chi connectivity index (χ0v) is 20.5. The Bertz CT molecular complexity index is 1100. The van der Waals surface area contributed by atoms with Crippen LogP contribution in [0.2, 0.25) is 14.4 Å². The van der Waals surface area contributed by atoms with Gasteiger partial charge in [0.25, 0.3) is 0 Å². The minimum Gasteiger partial charge on any atom is -0.396 e. The summed E-state index contributed by atoms with van der Waals surface area (Å²) in [5.74, 6) is -0.882. The van der Waals surface area contributed by atoms with E-state index in [0.717, 1.165) is 0 Å². The molecule has 0 unspecified atom stereocenters. The fourth-order valence-electron chi connectivity index (χ4n) is 2.73. The summed E-state index contributed by atoms with van der Waals surface area (Å²) < 4.78 is 0.548. The Morgan fingerprint density at radius 2 is 1.78 bits per heavy atom. The van der Waals surface area contributed by atoms with Crippen LogP contribution in [0.3, 0.4) is 0 Å². The van der Waals surface area contributed by atoms with Gasteiger partial charge < -0.3 is 10.6 Å². The maximum absolute atomic E-state index is 12.8. The molecule has 5 nitrogen and oxygen atoms in total. The Balaban J connectivity index is 2.44. The lowest BCUT2D eigenvalue weighted by Crippen LogP contribution is -2.34. The lowest BCUT2D eigenvalue weighted by Gasteiger charge is -2.19. The highest BCUT2D eigenvalue weighted by Gasteiger charge is 2.21. The summed E-state index contributed by atoms with van der Waals surface area (Å²) in [5.41, 5.74) is 7.40. The molecule has 0 atom stereocenters. The second-order valence-corrected chi connectivity index (χ2v) is 9.23. The predicted octanol–water partition coefficient (Wildman–Crippen LogP) is 6.22. The Morgan fingerprint density at radius 3 is 2.31 bits per heavy atom. The maximum Gasteiger partial charge on any atom is 0.231 e. The van der Waals surface area contributed by atoms with Gasteiger partial charge in [0.1, 0.15) is 0 Å². The normalized spacial score (nSPS) is 12.2. The molecule has 0 aliphatic rings. The molecule has 1 heterocycles. The van der Waals surface area contributed by atoms with Crippen molar-refractivity contribution in [2.45, 2.75) is 13.3 Å². The van der Waals surface area contributed by atoms with E-state index in [4.69, 9.17) is 40.5 Å². The number of allylic oxidation sites excluding steroid dienone is 2. The van der Waals surface area contributed by atoms with Gasteiger partial charge >= 0.3 is 0 Å². The van der Waals surface area contributed by atoms with E-state index in [1.165, 1.54) is 16.2 Å². The van der Waals surface area contributed by atoms with E-state index in [1.54, 1.807) is 49.4 Å². The van der Waals surface area contributed by atoms with E-state index < -0.39 is 5.78 Å². The molecule has 0 bridgehead atoms. The number of rotatable bonds is 10. The second-order valence-electron chi connectivity index (χ2n) is 6.67. The molecule has 168 valence electrons. The number of aliphatic imine (C=N–C) groups is 1. The topological polar surface area (TPSA) is 75.8 Å². The first kappa shape index (κ1) is 25.9. The Kier molecular flexibility index (Phi) is 9.72. The molecule has 0 saturated heterocycles. The van der Waals surface area contributed by atoms with Crippen molar-refractivity contribution in [3.05, 3.63) is 86.2 Å². The Hall–Kier alpha value is -2.38. The zero-order chi connectivity index (χ0) is 23.8. The molecule has 1 amide bonds. The maximum atomic E-state index is 12.8. The summed E-state index contributed by atoms with van der Waals surface area (Å²) in [4.78, 5) is 32.1. The molecule has 2 aromatic rings. The lowest BCUT2D eigenvalue weighted by molar-refractivity contribution is -0.133. The molecule has 0 saturated carbocycles. The van der Waals surface area contributed by atoms with Crippen LogP contribution in [0.1, 0.15) is 18.2 Å². The van der Waals surface area contributed by atoms with Gasteiger partial charge in [0.05, 0.1) is 37.8 Å². The minimum absolute atomic E-state index is 0.0659. The number of hydrogen-bond acceptors (Lipinski definition) is 5. The van der Waals surface area contributed by atoms with Gasteiger partial charge in [-0.25, -0.2) is 4.99 Å². The zero-order valence-electron chi connectivity index (χ0n) is 17.4. The fraction of sp³-hybridized carbons (Fsp3) is 0.174. The number of ketones is 1. The molecule has 1 aromatic heterocycles. The van der Waals surface area contributed by atoms with Crippen LogP contribution in [0.15, 0.2) is 71.9 Å². The molecule has 2 rings (SSSR count). The molecular formula is C23H22Cl3N3O2S. The Morgan fingerprint density at radius 1 is 1.12 bits per heavy atom. The van der Waals surface area contributed by atoms with Crippen molar-refractivity contribution < 1.29 is 9.59 Å². The van der Waals surface area contributed by atoms with Crippen LogP contribution >= 0.6 is 46.1 Å². The van der Waals surface area contributed by atoms with Crippen LogP contribution in [-0.4, -0.2) is 35.4 Å². The largest absolute Gasteiger partial charge is 0.396 e. The summed E-state index contributed by atoms with van der Waals surface area (Å²) in [7, 11) is 0. The lowest BCUT2D eigenvalue weighted by atomic mass is 10.0. The summed E-state index contributed by atoms with van der Waals surface area (Å²) in [6, 6.07) is 8.39. The monoisotopic (exact) mass is 509 g/mol. The van der Waals surface area contributed by atoms with Gasteiger partial charge in [-0.3, -0.25) is 9.59 Å². The van der Waals surface area contributed by atoms with E-state index >= 15 is 0 Å². The summed E-state index contributed by atoms with van der Waals surface area (Å²) in [6.07, 6.45) is 2.78. The summed E-state index contributed by atoms with van der Waals surface area (Å²) in [6.45, 7) is 9.52. The third kappa shape index (κ3) is 6.81. The van der Waals surface area contributed by atoms with E-state index in [1.807, 2.05) is 0 Å². The first-order valence-electron chi connectivity index (χ1n) is 9.46. The molecule has 9 heteroatoms. The molecule has 0 radical (unpaired) electrons. The predicted molar refractivity (Wildman–Crippen MR) is 135 cm³/mol. The minimum atomic E-state index is -0.511. The van der Waals surface area contributed by atoms with Crippen LogP contribution in [0.5, 0.6) is 0 Å². The SMILES string of the molecule is C=CCN(CC=C)C(=O)CC(=O)C(N)=C(C)C(=Nc1ccc(Cl)cc1Cl)c1ccc(Cl)s1. The highest BCUT2D eigenvalue weighted by atomic mass is 35.5. The van der Waals surface area contributed by atoms with Gasteiger partial charge in [0.2, 0.25) is 5.91 Å². The van der Waals surface area contributed by atoms with Crippen LogP contribution < -0.4 is 5.73 Å². The fourth-order valence-corrected chi connectivity index (χ4v) is 4.27. The first-order chi connectivity index (χ1) is 15.2. The van der Waals surface area contributed by atoms with E-state index in [0.29, 0.717) is 49.3 Å². The van der Waals surface area contributed by atoms with Crippen LogP contribution in [-0.2, 0) is 9.59 Å². The smallest absolute Gasteiger partial charge is 0.231 e. The molecule has 2 N–H and O–H groups in total. The Labute approximate surface area is 206 Å². The van der Waals surface area contributed by atoms with Crippen molar-refractivity contribution in [1.29, 1.82) is 0 Å². The van der Waals surface area contributed by atoms with Gasteiger partial charge in [-0.05, 0) is 37.3 Å². The average Bonchev–Trinajstić information content (AvgIpc) is 3.17. The molecule has 0 spiro atoms.